The van der Waals surface area contributed by atoms with Crippen molar-refractivity contribution in [1.82, 2.24) is 4.31 Å². The normalized spacial score (nSPS) is 21.3. The zero-order chi connectivity index (χ0) is 14.0. The molecule has 0 radical (unpaired) electrons. The second-order valence-corrected chi connectivity index (χ2v) is 7.53. The molecule has 0 unspecified atom stereocenters. The third-order valence-electron chi connectivity index (χ3n) is 3.45. The minimum atomic E-state index is -3.50. The molecule has 1 saturated heterocycles. The van der Waals surface area contributed by atoms with Crippen molar-refractivity contribution in [2.75, 3.05) is 13.7 Å². The van der Waals surface area contributed by atoms with Crippen molar-refractivity contribution in [3.63, 3.8) is 0 Å². The Morgan fingerprint density at radius 3 is 2.74 bits per heavy atom. The minimum absolute atomic E-state index is 0.0439. The predicted molar refractivity (Wildman–Crippen MR) is 77.9 cm³/mol. The van der Waals surface area contributed by atoms with Crippen molar-refractivity contribution in [3.8, 4) is 5.75 Å². The molecule has 0 N–H and O–H groups in total. The Bertz CT molecular complexity index is 559. The molecule has 106 valence electrons. The molecule has 0 saturated carbocycles. The van der Waals surface area contributed by atoms with E-state index in [1.807, 2.05) is 6.92 Å². The van der Waals surface area contributed by atoms with Crippen LogP contribution in [0, 0.1) is 0 Å². The van der Waals surface area contributed by atoms with E-state index in [1.165, 1.54) is 7.11 Å². The van der Waals surface area contributed by atoms with Crippen LogP contribution in [0.25, 0.3) is 0 Å². The summed E-state index contributed by atoms with van der Waals surface area (Å²) in [6, 6.07) is 5.10. The number of sulfonamides is 1. The van der Waals surface area contributed by atoms with Gasteiger partial charge in [-0.15, -0.1) is 0 Å². The van der Waals surface area contributed by atoms with Gasteiger partial charge in [-0.3, -0.25) is 0 Å². The summed E-state index contributed by atoms with van der Waals surface area (Å²) in [5, 5.41) is 0. The van der Waals surface area contributed by atoms with Crippen molar-refractivity contribution >= 4 is 26.0 Å². The van der Waals surface area contributed by atoms with Crippen LogP contribution in [0.3, 0.4) is 0 Å². The van der Waals surface area contributed by atoms with Crippen molar-refractivity contribution < 1.29 is 13.2 Å². The first-order valence-electron chi connectivity index (χ1n) is 6.32. The van der Waals surface area contributed by atoms with Gasteiger partial charge in [-0.25, -0.2) is 8.42 Å². The number of rotatable bonds is 3. The second kappa shape index (κ2) is 5.81. The molecule has 0 aromatic heterocycles. The fraction of sp³-hybridized carbons (Fsp3) is 0.538. The zero-order valence-electron chi connectivity index (χ0n) is 11.1. The van der Waals surface area contributed by atoms with Gasteiger partial charge in [0.25, 0.3) is 0 Å². The molecule has 2 rings (SSSR count). The number of hydrogen-bond donors (Lipinski definition) is 0. The Morgan fingerprint density at radius 1 is 1.37 bits per heavy atom. The van der Waals surface area contributed by atoms with E-state index in [1.54, 1.807) is 22.5 Å². The Kier molecular flexibility index (Phi) is 4.53. The smallest absolute Gasteiger partial charge is 0.247 e. The Morgan fingerprint density at radius 2 is 2.11 bits per heavy atom. The lowest BCUT2D eigenvalue weighted by molar-refractivity contribution is 0.267. The van der Waals surface area contributed by atoms with Gasteiger partial charge in [0.15, 0.2) is 0 Å². The SMILES string of the molecule is COc1ccc(Br)cc1S(=O)(=O)N1CCCC[C@@H]1C. The van der Waals surface area contributed by atoms with Crippen molar-refractivity contribution in [1.29, 1.82) is 0 Å². The van der Waals surface area contributed by atoms with Gasteiger partial charge in [0.2, 0.25) is 10.0 Å². The van der Waals surface area contributed by atoms with Crippen molar-refractivity contribution in [2.24, 2.45) is 0 Å². The van der Waals surface area contributed by atoms with Gasteiger partial charge in [-0.2, -0.15) is 4.31 Å². The first-order chi connectivity index (χ1) is 8.96. The molecule has 4 nitrogen and oxygen atoms in total. The molecule has 1 aromatic carbocycles. The zero-order valence-corrected chi connectivity index (χ0v) is 13.5. The van der Waals surface area contributed by atoms with Crippen LogP contribution in [-0.4, -0.2) is 32.4 Å². The molecule has 1 fully saturated rings. The Balaban J connectivity index is 2.46. The first kappa shape index (κ1) is 14.8. The van der Waals surface area contributed by atoms with Gasteiger partial charge >= 0.3 is 0 Å². The maximum atomic E-state index is 12.8. The van der Waals surface area contributed by atoms with Gasteiger partial charge in [0, 0.05) is 17.1 Å². The second-order valence-electron chi connectivity index (χ2n) is 4.76. The molecule has 0 amide bonds. The third-order valence-corrected chi connectivity index (χ3v) is 5.98. The molecule has 6 heteroatoms. The highest BCUT2D eigenvalue weighted by atomic mass is 79.9. The quantitative estimate of drug-likeness (QED) is 0.844. The lowest BCUT2D eigenvalue weighted by Gasteiger charge is -2.32. The van der Waals surface area contributed by atoms with E-state index in [9.17, 15) is 8.42 Å². The predicted octanol–water partition coefficient (Wildman–Crippen LogP) is 3.02. The van der Waals surface area contributed by atoms with E-state index >= 15 is 0 Å². The summed E-state index contributed by atoms with van der Waals surface area (Å²) >= 11 is 3.32. The Hall–Kier alpha value is -0.590. The average molecular weight is 348 g/mol. The first-order valence-corrected chi connectivity index (χ1v) is 8.55. The summed E-state index contributed by atoms with van der Waals surface area (Å²) in [4.78, 5) is 0.234. The minimum Gasteiger partial charge on any atom is -0.495 e. The topological polar surface area (TPSA) is 46.6 Å². The number of methoxy groups -OCH3 is 1. The average Bonchev–Trinajstić information content (AvgIpc) is 2.39. The molecule has 19 heavy (non-hydrogen) atoms. The molecule has 0 bridgehead atoms. The molecule has 1 heterocycles. The monoisotopic (exact) mass is 347 g/mol. The van der Waals surface area contributed by atoms with Crippen molar-refractivity contribution in [3.05, 3.63) is 22.7 Å². The van der Waals surface area contributed by atoms with E-state index < -0.39 is 10.0 Å². The summed E-state index contributed by atoms with van der Waals surface area (Å²) in [7, 11) is -2.01. The van der Waals surface area contributed by atoms with Crippen LogP contribution < -0.4 is 4.74 Å². The van der Waals surface area contributed by atoms with Crippen LogP contribution >= 0.6 is 15.9 Å². The molecule has 0 aliphatic carbocycles. The number of ether oxygens (including phenoxy) is 1. The van der Waals surface area contributed by atoms with Gasteiger partial charge in [-0.1, -0.05) is 22.4 Å². The fourth-order valence-electron chi connectivity index (χ4n) is 2.41. The lowest BCUT2D eigenvalue weighted by atomic mass is 10.1. The van der Waals surface area contributed by atoms with Crippen LogP contribution in [0.2, 0.25) is 0 Å². The molecule has 1 aliphatic heterocycles. The van der Waals surface area contributed by atoms with E-state index in [0.717, 1.165) is 23.7 Å². The van der Waals surface area contributed by atoms with Gasteiger partial charge in [-0.05, 0) is 38.0 Å². The van der Waals surface area contributed by atoms with Crippen LogP contribution in [-0.2, 0) is 10.0 Å². The molecule has 0 spiro atoms. The molecule has 1 aromatic rings. The van der Waals surface area contributed by atoms with E-state index in [2.05, 4.69) is 15.9 Å². The van der Waals surface area contributed by atoms with E-state index in [4.69, 9.17) is 4.74 Å². The Labute approximate surface area is 122 Å². The summed E-state index contributed by atoms with van der Waals surface area (Å²) in [6.45, 7) is 2.54. The highest BCUT2D eigenvalue weighted by Gasteiger charge is 2.33. The van der Waals surface area contributed by atoms with Crippen LogP contribution in [0.1, 0.15) is 26.2 Å². The maximum absolute atomic E-state index is 12.8. The van der Waals surface area contributed by atoms with E-state index in [0.29, 0.717) is 12.3 Å². The standard InChI is InChI=1S/C13H18BrNO3S/c1-10-5-3-4-8-15(10)19(16,17)13-9-11(14)6-7-12(13)18-2/h6-7,9-10H,3-5,8H2,1-2H3/t10-/m0/s1. The highest BCUT2D eigenvalue weighted by molar-refractivity contribution is 9.10. The van der Waals surface area contributed by atoms with Crippen LogP contribution in [0.4, 0.5) is 0 Å². The summed E-state index contributed by atoms with van der Waals surface area (Å²) in [5.41, 5.74) is 0. The van der Waals surface area contributed by atoms with Crippen molar-refractivity contribution in [2.45, 2.75) is 37.1 Å². The number of nitrogens with zero attached hydrogens (tertiary/aromatic N) is 1. The van der Waals surface area contributed by atoms with E-state index in [-0.39, 0.29) is 10.9 Å². The highest BCUT2D eigenvalue weighted by Crippen LogP contribution is 2.32. The number of piperidine rings is 1. The lowest BCUT2D eigenvalue weighted by Crippen LogP contribution is -2.42. The fourth-order valence-corrected chi connectivity index (χ4v) is 4.80. The molecular formula is C13H18BrNO3S. The van der Waals surface area contributed by atoms with Crippen LogP contribution in [0.5, 0.6) is 5.75 Å². The molecule has 1 aliphatic rings. The third kappa shape index (κ3) is 2.95. The summed E-state index contributed by atoms with van der Waals surface area (Å²) in [5.74, 6) is 0.390. The number of halogens is 1. The summed E-state index contributed by atoms with van der Waals surface area (Å²) < 4.78 is 33.0. The molecule has 1 atom stereocenters. The summed E-state index contributed by atoms with van der Waals surface area (Å²) in [6.07, 6.45) is 2.91. The maximum Gasteiger partial charge on any atom is 0.247 e. The van der Waals surface area contributed by atoms with Gasteiger partial charge in [0.1, 0.15) is 10.6 Å². The van der Waals surface area contributed by atoms with Crippen LogP contribution in [0.15, 0.2) is 27.6 Å². The largest absolute Gasteiger partial charge is 0.495 e. The number of hydrogen-bond acceptors (Lipinski definition) is 3. The van der Waals surface area contributed by atoms with Gasteiger partial charge in [0.05, 0.1) is 7.11 Å². The number of benzene rings is 1. The van der Waals surface area contributed by atoms with Gasteiger partial charge < -0.3 is 4.74 Å². The molecular weight excluding hydrogens is 330 g/mol.